The Labute approximate surface area is 96.8 Å². The Morgan fingerprint density at radius 1 is 1.19 bits per heavy atom. The van der Waals surface area contributed by atoms with Gasteiger partial charge in [0.2, 0.25) is 0 Å². The second kappa shape index (κ2) is 4.29. The number of hydrogen-bond acceptors (Lipinski definition) is 2. The van der Waals surface area contributed by atoms with Crippen molar-refractivity contribution in [2.45, 2.75) is 20.3 Å². The molecule has 0 fully saturated rings. The maximum absolute atomic E-state index is 13.1. The summed E-state index contributed by atoms with van der Waals surface area (Å²) in [6.07, 6.45) is 0.837. The average Bonchev–Trinajstić information content (AvgIpc) is 2.58. The van der Waals surface area contributed by atoms with E-state index in [9.17, 15) is 8.78 Å². The summed E-state index contributed by atoms with van der Waals surface area (Å²) in [7, 11) is 0. The molecule has 0 saturated heterocycles. The van der Waals surface area contributed by atoms with E-state index in [0.29, 0.717) is 5.56 Å². The molecule has 0 aliphatic rings. The predicted molar refractivity (Wildman–Crippen MR) is 61.6 cm³/mol. The molecule has 0 bridgehead atoms. The van der Waals surface area contributed by atoms with Crippen molar-refractivity contribution in [1.29, 1.82) is 0 Å². The van der Waals surface area contributed by atoms with Crippen LogP contribution in [0.2, 0.25) is 0 Å². The highest BCUT2D eigenvalue weighted by Gasteiger charge is 2.10. The van der Waals surface area contributed by atoms with Crippen LogP contribution in [0.4, 0.5) is 8.78 Å². The fourth-order valence-electron chi connectivity index (χ4n) is 1.56. The van der Waals surface area contributed by atoms with Crippen LogP contribution in [0.3, 0.4) is 0 Å². The van der Waals surface area contributed by atoms with E-state index >= 15 is 0 Å². The molecule has 0 amide bonds. The van der Waals surface area contributed by atoms with Crippen molar-refractivity contribution < 1.29 is 8.78 Å². The summed E-state index contributed by atoms with van der Waals surface area (Å²) in [6.45, 7) is 3.86. The van der Waals surface area contributed by atoms with E-state index < -0.39 is 11.6 Å². The number of halogens is 2. The average molecular weight is 239 g/mol. The summed E-state index contributed by atoms with van der Waals surface area (Å²) >= 11 is 1.49. The third-order valence-corrected chi connectivity index (χ3v) is 3.62. The van der Waals surface area contributed by atoms with Gasteiger partial charge in [0.25, 0.3) is 0 Å². The first-order valence-corrected chi connectivity index (χ1v) is 5.84. The Morgan fingerprint density at radius 2 is 1.81 bits per heavy atom. The van der Waals surface area contributed by atoms with E-state index in [4.69, 9.17) is 0 Å². The summed E-state index contributed by atoms with van der Waals surface area (Å²) in [5.74, 6) is -1.11. The molecule has 0 unspecified atom stereocenters. The zero-order chi connectivity index (χ0) is 11.7. The highest BCUT2D eigenvalue weighted by atomic mass is 32.1. The smallest absolute Gasteiger partial charge is 0.126 e. The minimum atomic E-state index is -0.555. The molecule has 1 aromatic carbocycles. The molecule has 2 aromatic rings. The lowest BCUT2D eigenvalue weighted by atomic mass is 10.1. The van der Waals surface area contributed by atoms with Gasteiger partial charge >= 0.3 is 0 Å². The SMILES string of the molecule is CCc1nc(C)c(-c2cc(F)cc(F)c2)s1. The summed E-state index contributed by atoms with van der Waals surface area (Å²) < 4.78 is 26.2. The first-order chi connectivity index (χ1) is 7.60. The van der Waals surface area contributed by atoms with Crippen LogP contribution in [-0.4, -0.2) is 4.98 Å². The highest BCUT2D eigenvalue weighted by molar-refractivity contribution is 7.15. The largest absolute Gasteiger partial charge is 0.246 e. The van der Waals surface area contributed by atoms with Crippen LogP contribution in [0.5, 0.6) is 0 Å². The first-order valence-electron chi connectivity index (χ1n) is 5.03. The van der Waals surface area contributed by atoms with E-state index in [1.807, 2.05) is 13.8 Å². The van der Waals surface area contributed by atoms with Crippen molar-refractivity contribution in [3.8, 4) is 10.4 Å². The van der Waals surface area contributed by atoms with Gasteiger partial charge in [-0.3, -0.25) is 0 Å². The predicted octanol–water partition coefficient (Wildman–Crippen LogP) is 3.96. The van der Waals surface area contributed by atoms with E-state index in [0.717, 1.165) is 28.1 Å². The van der Waals surface area contributed by atoms with Gasteiger partial charge in [0.05, 0.1) is 15.6 Å². The second-order valence-electron chi connectivity index (χ2n) is 3.53. The van der Waals surface area contributed by atoms with Crippen LogP contribution < -0.4 is 0 Å². The van der Waals surface area contributed by atoms with Crippen LogP contribution in [0.25, 0.3) is 10.4 Å². The van der Waals surface area contributed by atoms with Crippen LogP contribution in [0.15, 0.2) is 18.2 Å². The van der Waals surface area contributed by atoms with Crippen LogP contribution in [0, 0.1) is 18.6 Å². The summed E-state index contributed by atoms with van der Waals surface area (Å²) in [6, 6.07) is 3.55. The van der Waals surface area contributed by atoms with E-state index in [-0.39, 0.29) is 0 Å². The number of nitrogens with zero attached hydrogens (tertiary/aromatic N) is 1. The second-order valence-corrected chi connectivity index (χ2v) is 4.62. The van der Waals surface area contributed by atoms with Gasteiger partial charge in [-0.25, -0.2) is 13.8 Å². The fraction of sp³-hybridized carbons (Fsp3) is 0.250. The van der Waals surface area contributed by atoms with Gasteiger partial charge in [-0.1, -0.05) is 6.92 Å². The van der Waals surface area contributed by atoms with Crippen molar-refractivity contribution in [2.75, 3.05) is 0 Å². The topological polar surface area (TPSA) is 12.9 Å². The van der Waals surface area contributed by atoms with Gasteiger partial charge < -0.3 is 0 Å². The molecule has 16 heavy (non-hydrogen) atoms. The molecule has 1 nitrogen and oxygen atoms in total. The molecule has 0 spiro atoms. The van der Waals surface area contributed by atoms with E-state index in [1.54, 1.807) is 0 Å². The molecule has 4 heteroatoms. The molecule has 1 heterocycles. The molecule has 0 radical (unpaired) electrons. The minimum Gasteiger partial charge on any atom is -0.246 e. The zero-order valence-electron chi connectivity index (χ0n) is 9.05. The van der Waals surface area contributed by atoms with Crippen molar-refractivity contribution in [2.24, 2.45) is 0 Å². The number of benzene rings is 1. The molecular formula is C12H11F2NS. The molecule has 1 aromatic heterocycles. The van der Waals surface area contributed by atoms with Crippen molar-refractivity contribution in [1.82, 2.24) is 4.98 Å². The standard InChI is InChI=1S/C12H11F2NS/c1-3-11-15-7(2)12(16-11)8-4-9(13)6-10(14)5-8/h4-6H,3H2,1-2H3. The van der Waals surface area contributed by atoms with Gasteiger partial charge in [0.1, 0.15) is 11.6 Å². The Hall–Kier alpha value is -1.29. The number of rotatable bonds is 2. The monoisotopic (exact) mass is 239 g/mol. The Bertz CT molecular complexity index is 499. The summed E-state index contributed by atoms with van der Waals surface area (Å²) in [4.78, 5) is 5.18. The highest BCUT2D eigenvalue weighted by Crippen LogP contribution is 2.31. The Kier molecular flexibility index (Phi) is 3.01. The van der Waals surface area contributed by atoms with Crippen LogP contribution in [0.1, 0.15) is 17.6 Å². The molecule has 0 aliphatic heterocycles. The van der Waals surface area contributed by atoms with Gasteiger partial charge in [-0.15, -0.1) is 11.3 Å². The number of aromatic nitrogens is 1. The molecule has 0 atom stereocenters. The van der Waals surface area contributed by atoms with Gasteiger partial charge in [0, 0.05) is 6.07 Å². The van der Waals surface area contributed by atoms with Gasteiger partial charge in [0.15, 0.2) is 0 Å². The lowest BCUT2D eigenvalue weighted by molar-refractivity contribution is 0.584. The number of aryl methyl sites for hydroxylation is 2. The molecular weight excluding hydrogens is 228 g/mol. The zero-order valence-corrected chi connectivity index (χ0v) is 9.87. The van der Waals surface area contributed by atoms with E-state index in [2.05, 4.69) is 4.98 Å². The third-order valence-electron chi connectivity index (χ3n) is 2.27. The molecule has 84 valence electrons. The van der Waals surface area contributed by atoms with Crippen LogP contribution in [-0.2, 0) is 6.42 Å². The minimum absolute atomic E-state index is 0.555. The fourth-order valence-corrected chi connectivity index (χ4v) is 2.55. The quantitative estimate of drug-likeness (QED) is 0.773. The normalized spacial score (nSPS) is 10.8. The summed E-state index contributed by atoms with van der Waals surface area (Å²) in [5, 5.41) is 0.983. The molecule has 2 rings (SSSR count). The van der Waals surface area contributed by atoms with Crippen molar-refractivity contribution in [3.05, 3.63) is 40.5 Å². The maximum Gasteiger partial charge on any atom is 0.126 e. The molecule has 0 saturated carbocycles. The lowest BCUT2D eigenvalue weighted by Crippen LogP contribution is -1.84. The van der Waals surface area contributed by atoms with E-state index in [1.165, 1.54) is 23.5 Å². The molecule has 0 aliphatic carbocycles. The van der Waals surface area contributed by atoms with Crippen molar-refractivity contribution >= 4 is 11.3 Å². The first kappa shape index (κ1) is 11.2. The molecule has 0 N–H and O–H groups in total. The van der Waals surface area contributed by atoms with Crippen molar-refractivity contribution in [3.63, 3.8) is 0 Å². The van der Waals surface area contributed by atoms with Crippen LogP contribution >= 0.6 is 11.3 Å². The lowest BCUT2D eigenvalue weighted by Gasteiger charge is -1.99. The third kappa shape index (κ3) is 2.11. The number of thiazole rings is 1. The Balaban J connectivity index is 2.53. The summed E-state index contributed by atoms with van der Waals surface area (Å²) in [5.41, 5.74) is 1.39. The maximum atomic E-state index is 13.1. The Morgan fingerprint density at radius 3 is 2.31 bits per heavy atom. The van der Waals surface area contributed by atoms with Gasteiger partial charge in [-0.2, -0.15) is 0 Å². The van der Waals surface area contributed by atoms with Gasteiger partial charge in [-0.05, 0) is 31.0 Å². The number of hydrogen-bond donors (Lipinski definition) is 0.